The number of primary amides is 1. The number of benzene rings is 2. The first kappa shape index (κ1) is 25.3. The molecule has 1 aromatic heterocycles. The second-order valence-electron chi connectivity index (χ2n) is 7.21. The molecule has 0 aliphatic heterocycles. The maximum absolute atomic E-state index is 13.1. The van der Waals surface area contributed by atoms with Crippen molar-refractivity contribution in [1.82, 2.24) is 20.4 Å². The molecular weight excluding hydrogens is 522 g/mol. The highest BCUT2D eigenvalue weighted by atomic mass is 127. The lowest BCUT2D eigenvalue weighted by Gasteiger charge is -2.18. The molecule has 9 heteroatoms. The zero-order valence-electron chi connectivity index (χ0n) is 17.9. The molecule has 1 unspecified atom stereocenters. The van der Waals surface area contributed by atoms with Crippen molar-refractivity contribution in [2.24, 2.45) is 16.6 Å². The van der Waals surface area contributed by atoms with Crippen molar-refractivity contribution < 1.29 is 9.18 Å². The van der Waals surface area contributed by atoms with E-state index in [1.807, 2.05) is 29.1 Å². The maximum atomic E-state index is 13.1. The van der Waals surface area contributed by atoms with Crippen molar-refractivity contribution in [2.75, 3.05) is 13.6 Å². The van der Waals surface area contributed by atoms with Crippen LogP contribution in [0, 0.1) is 11.7 Å². The van der Waals surface area contributed by atoms with Crippen molar-refractivity contribution in [2.45, 2.75) is 19.5 Å². The first-order chi connectivity index (χ1) is 15.0. The third kappa shape index (κ3) is 7.63. The number of aromatic nitrogens is 2. The van der Waals surface area contributed by atoms with E-state index in [9.17, 15) is 9.18 Å². The van der Waals surface area contributed by atoms with E-state index in [2.05, 4.69) is 32.9 Å². The number of rotatable bonds is 9. The number of amides is 1. The molecule has 3 rings (SSSR count). The number of carbonyl (C=O) groups excluding carboxylic acids is 1. The van der Waals surface area contributed by atoms with E-state index in [1.54, 1.807) is 25.4 Å². The minimum atomic E-state index is -0.448. The third-order valence-corrected chi connectivity index (χ3v) is 4.99. The minimum Gasteiger partial charge on any atom is -0.369 e. The van der Waals surface area contributed by atoms with Crippen LogP contribution in [0.15, 0.2) is 72.0 Å². The van der Waals surface area contributed by atoms with E-state index in [-0.39, 0.29) is 29.8 Å². The van der Waals surface area contributed by atoms with E-state index >= 15 is 0 Å². The van der Waals surface area contributed by atoms with Crippen molar-refractivity contribution in [3.05, 3.63) is 89.5 Å². The number of halogens is 2. The fourth-order valence-corrected chi connectivity index (χ4v) is 3.25. The zero-order chi connectivity index (χ0) is 22.1. The van der Waals surface area contributed by atoms with Gasteiger partial charge in [0.15, 0.2) is 5.96 Å². The molecule has 0 fully saturated rings. The summed E-state index contributed by atoms with van der Waals surface area (Å²) in [7, 11) is 1.67. The predicted octanol–water partition coefficient (Wildman–Crippen LogP) is 2.70. The molecule has 7 nitrogen and oxygen atoms in total. The Bertz CT molecular complexity index is 1010. The van der Waals surface area contributed by atoms with Crippen LogP contribution in [0.1, 0.15) is 16.7 Å². The molecule has 4 N–H and O–H groups in total. The van der Waals surface area contributed by atoms with E-state index < -0.39 is 11.8 Å². The van der Waals surface area contributed by atoms with Gasteiger partial charge >= 0.3 is 0 Å². The van der Waals surface area contributed by atoms with Gasteiger partial charge in [0.05, 0.1) is 12.5 Å². The Morgan fingerprint density at radius 1 is 1.12 bits per heavy atom. The summed E-state index contributed by atoms with van der Waals surface area (Å²) in [5, 5.41) is 10.7. The van der Waals surface area contributed by atoms with Crippen LogP contribution in [0.25, 0.3) is 0 Å². The van der Waals surface area contributed by atoms with Gasteiger partial charge in [0, 0.05) is 32.5 Å². The van der Waals surface area contributed by atoms with E-state index in [0.717, 1.165) is 16.7 Å². The van der Waals surface area contributed by atoms with Crippen molar-refractivity contribution in [1.29, 1.82) is 0 Å². The van der Waals surface area contributed by atoms with Gasteiger partial charge in [-0.15, -0.1) is 24.0 Å². The molecule has 0 spiro atoms. The Morgan fingerprint density at radius 2 is 1.84 bits per heavy atom. The maximum Gasteiger partial charge on any atom is 0.222 e. The van der Waals surface area contributed by atoms with Crippen LogP contribution in [0.4, 0.5) is 4.39 Å². The zero-order valence-corrected chi connectivity index (χ0v) is 20.2. The molecule has 0 bridgehead atoms. The Kier molecular flexibility index (Phi) is 10.1. The number of carbonyl (C=O) groups is 1. The topological polar surface area (TPSA) is 97.3 Å². The number of nitrogens with two attached hydrogens (primary N) is 1. The number of hydrogen-bond acceptors (Lipinski definition) is 3. The molecule has 1 heterocycles. The number of nitrogens with zero attached hydrogens (tertiary/aromatic N) is 3. The number of nitrogens with one attached hydrogen (secondary N) is 2. The first-order valence-electron chi connectivity index (χ1n) is 10.1. The van der Waals surface area contributed by atoms with Gasteiger partial charge in [0.1, 0.15) is 5.82 Å². The molecule has 3 aromatic rings. The normalized spacial score (nSPS) is 12.0. The van der Waals surface area contributed by atoms with Gasteiger partial charge in [-0.05, 0) is 41.3 Å². The van der Waals surface area contributed by atoms with Crippen LogP contribution < -0.4 is 16.4 Å². The van der Waals surface area contributed by atoms with Gasteiger partial charge in [0.2, 0.25) is 5.91 Å². The Hall–Kier alpha value is -2.95. The van der Waals surface area contributed by atoms with Crippen LogP contribution in [0.2, 0.25) is 0 Å². The molecule has 0 aliphatic carbocycles. The van der Waals surface area contributed by atoms with Crippen LogP contribution in [0.3, 0.4) is 0 Å². The van der Waals surface area contributed by atoms with Crippen LogP contribution in [-0.4, -0.2) is 35.2 Å². The highest BCUT2D eigenvalue weighted by molar-refractivity contribution is 14.0. The second-order valence-corrected chi connectivity index (χ2v) is 7.21. The summed E-state index contributed by atoms with van der Waals surface area (Å²) in [5.74, 6) is -0.609. The second kappa shape index (κ2) is 12.8. The lowest BCUT2D eigenvalue weighted by molar-refractivity contribution is -0.121. The average Bonchev–Trinajstić information content (AvgIpc) is 3.28. The number of guanidine groups is 1. The van der Waals surface area contributed by atoms with Gasteiger partial charge < -0.3 is 16.4 Å². The molecule has 0 radical (unpaired) electrons. The highest BCUT2D eigenvalue weighted by Crippen LogP contribution is 2.11. The summed E-state index contributed by atoms with van der Waals surface area (Å²) in [4.78, 5) is 16.1. The van der Waals surface area contributed by atoms with Crippen LogP contribution in [-0.2, 0) is 24.3 Å². The molecule has 1 atom stereocenters. The number of aliphatic imine (C=N–C) groups is 1. The van der Waals surface area contributed by atoms with Crippen LogP contribution >= 0.6 is 24.0 Å². The van der Waals surface area contributed by atoms with Crippen molar-refractivity contribution >= 4 is 35.8 Å². The van der Waals surface area contributed by atoms with Gasteiger partial charge in [-0.2, -0.15) is 5.10 Å². The predicted molar refractivity (Wildman–Crippen MR) is 134 cm³/mol. The third-order valence-electron chi connectivity index (χ3n) is 4.99. The van der Waals surface area contributed by atoms with Crippen molar-refractivity contribution in [3.63, 3.8) is 0 Å². The lowest BCUT2D eigenvalue weighted by Crippen LogP contribution is -2.43. The molecular formula is C23H28FIN6O. The molecule has 2 aromatic carbocycles. The number of hydrogen-bond donors (Lipinski definition) is 3. The lowest BCUT2D eigenvalue weighted by atomic mass is 9.98. The largest absolute Gasteiger partial charge is 0.369 e. The molecule has 170 valence electrons. The summed E-state index contributed by atoms with van der Waals surface area (Å²) in [6.45, 7) is 1.57. The summed E-state index contributed by atoms with van der Waals surface area (Å²) >= 11 is 0. The van der Waals surface area contributed by atoms with Crippen LogP contribution in [0.5, 0.6) is 0 Å². The van der Waals surface area contributed by atoms with Crippen molar-refractivity contribution in [3.8, 4) is 0 Å². The summed E-state index contributed by atoms with van der Waals surface area (Å²) < 4.78 is 15.0. The fourth-order valence-electron chi connectivity index (χ4n) is 3.25. The Labute approximate surface area is 204 Å². The molecule has 1 amide bonds. The molecule has 0 aliphatic rings. The van der Waals surface area contributed by atoms with E-state index in [1.165, 1.54) is 12.1 Å². The molecule has 32 heavy (non-hydrogen) atoms. The summed E-state index contributed by atoms with van der Waals surface area (Å²) in [5.41, 5.74) is 8.70. The van der Waals surface area contributed by atoms with E-state index in [0.29, 0.717) is 32.0 Å². The SMILES string of the molecule is CN=C(NCc1ccccc1Cn1cccn1)NCC(Cc1ccc(F)cc1)C(N)=O.I. The Morgan fingerprint density at radius 3 is 2.47 bits per heavy atom. The highest BCUT2D eigenvalue weighted by Gasteiger charge is 2.17. The molecule has 0 saturated carbocycles. The van der Waals surface area contributed by atoms with E-state index in [4.69, 9.17) is 5.73 Å². The fraction of sp³-hybridized carbons (Fsp3) is 0.261. The first-order valence-corrected chi connectivity index (χ1v) is 10.1. The van der Waals surface area contributed by atoms with Gasteiger partial charge in [-0.25, -0.2) is 4.39 Å². The van der Waals surface area contributed by atoms with Gasteiger partial charge in [-0.3, -0.25) is 14.5 Å². The summed E-state index contributed by atoms with van der Waals surface area (Å²) in [6.07, 6.45) is 4.11. The molecule has 0 saturated heterocycles. The monoisotopic (exact) mass is 550 g/mol. The summed E-state index contributed by atoms with van der Waals surface area (Å²) in [6, 6.07) is 16.1. The average molecular weight is 550 g/mol. The van der Waals surface area contributed by atoms with Gasteiger partial charge in [0.25, 0.3) is 0 Å². The Balaban J connectivity index is 0.00000363. The smallest absolute Gasteiger partial charge is 0.222 e. The van der Waals surface area contributed by atoms with Gasteiger partial charge in [-0.1, -0.05) is 36.4 Å². The quantitative estimate of drug-likeness (QED) is 0.217. The standard InChI is InChI=1S/C23H27FN6O.HI/c1-26-23(28-15-20(22(25)31)13-17-7-9-21(24)10-8-17)27-14-18-5-2-3-6-19(18)16-30-12-4-11-29-30;/h2-12,20H,13-16H2,1H3,(H2,25,31)(H2,26,27,28);1H. The minimum absolute atomic E-state index is 0.